The van der Waals surface area contributed by atoms with Crippen LogP contribution in [-0.2, 0) is 27.1 Å². The molecule has 1 aromatic heterocycles. The summed E-state index contributed by atoms with van der Waals surface area (Å²) in [6.07, 6.45) is 1.53. The molecule has 2 atom stereocenters. The van der Waals surface area contributed by atoms with Crippen LogP contribution in [0, 0.1) is 5.92 Å². The molecule has 0 spiro atoms. The first-order valence-electron chi connectivity index (χ1n) is 9.92. The normalized spacial score (nSPS) is 16.3. The highest BCUT2D eigenvalue weighted by atomic mass is 32.1. The van der Waals surface area contributed by atoms with Crippen LogP contribution in [-0.4, -0.2) is 35.7 Å². The predicted molar refractivity (Wildman–Crippen MR) is 113 cm³/mol. The van der Waals surface area contributed by atoms with Crippen molar-refractivity contribution in [2.24, 2.45) is 5.92 Å². The summed E-state index contributed by atoms with van der Waals surface area (Å²) in [5.41, 5.74) is 1.58. The first kappa shape index (κ1) is 21.8. The Balaban J connectivity index is 1.75. The van der Waals surface area contributed by atoms with Gasteiger partial charge in [0.25, 0.3) is 5.91 Å². The molecule has 0 saturated heterocycles. The molecule has 1 heterocycles. The Morgan fingerprint density at radius 1 is 1.23 bits per heavy atom. The summed E-state index contributed by atoms with van der Waals surface area (Å²) in [6.45, 7) is 5.61. The van der Waals surface area contributed by atoms with Crippen molar-refractivity contribution >= 4 is 34.2 Å². The first-order chi connectivity index (χ1) is 14.3. The molecule has 2 aromatic rings. The molecule has 0 radical (unpaired) electrons. The second kappa shape index (κ2) is 9.30. The van der Waals surface area contributed by atoms with Crippen molar-refractivity contribution in [3.63, 3.8) is 0 Å². The van der Waals surface area contributed by atoms with Crippen LogP contribution < -0.4 is 5.32 Å². The Kier molecular flexibility index (Phi) is 6.77. The molecule has 8 heteroatoms. The second-order valence-electron chi connectivity index (χ2n) is 7.36. The lowest BCUT2D eigenvalue weighted by Gasteiger charge is -2.18. The van der Waals surface area contributed by atoms with Gasteiger partial charge >= 0.3 is 11.9 Å². The van der Waals surface area contributed by atoms with E-state index >= 15 is 0 Å². The maximum Gasteiger partial charge on any atom is 0.341 e. The maximum atomic E-state index is 12.7. The smallest absolute Gasteiger partial charge is 0.341 e. The van der Waals surface area contributed by atoms with Gasteiger partial charge in [-0.3, -0.25) is 4.79 Å². The Bertz CT molecular complexity index is 949. The Hall–Kier alpha value is -2.87. The lowest BCUT2D eigenvalue weighted by molar-refractivity contribution is -0.123. The maximum absolute atomic E-state index is 12.7. The number of anilines is 1. The molecule has 0 fully saturated rings. The number of hydrogen-bond acceptors (Lipinski definition) is 7. The quantitative estimate of drug-likeness (QED) is 0.672. The number of phenolic OH excluding ortho intramolecular Hbond substituents is 1. The molecule has 160 valence electrons. The van der Waals surface area contributed by atoms with Crippen molar-refractivity contribution in [2.75, 3.05) is 11.9 Å². The van der Waals surface area contributed by atoms with E-state index in [4.69, 9.17) is 9.47 Å². The zero-order chi connectivity index (χ0) is 21.8. The third kappa shape index (κ3) is 4.81. The van der Waals surface area contributed by atoms with E-state index in [0.29, 0.717) is 16.5 Å². The fourth-order valence-corrected chi connectivity index (χ4v) is 4.75. The zero-order valence-corrected chi connectivity index (χ0v) is 18.0. The van der Waals surface area contributed by atoms with E-state index in [-0.39, 0.29) is 17.9 Å². The SMILES string of the molecule is CCOC(=O)c1c(NC(=O)[C@@H](C)OC(=O)c2ccc(O)cc2)sc2c1CC[C@H](C)C2. The van der Waals surface area contributed by atoms with Crippen molar-refractivity contribution in [3.8, 4) is 5.75 Å². The van der Waals surface area contributed by atoms with E-state index in [9.17, 15) is 19.5 Å². The number of aromatic hydroxyl groups is 1. The van der Waals surface area contributed by atoms with E-state index < -0.39 is 23.9 Å². The molecule has 1 aliphatic carbocycles. The summed E-state index contributed by atoms with van der Waals surface area (Å²) >= 11 is 1.38. The number of fused-ring (bicyclic) bond motifs is 1. The molecule has 1 aromatic carbocycles. The van der Waals surface area contributed by atoms with Gasteiger partial charge in [-0.2, -0.15) is 0 Å². The molecule has 0 unspecified atom stereocenters. The number of nitrogens with one attached hydrogen (secondary N) is 1. The third-order valence-electron chi connectivity index (χ3n) is 4.98. The van der Waals surface area contributed by atoms with E-state index in [1.54, 1.807) is 6.92 Å². The van der Waals surface area contributed by atoms with Gasteiger partial charge in [-0.15, -0.1) is 11.3 Å². The minimum atomic E-state index is -1.07. The van der Waals surface area contributed by atoms with Gasteiger partial charge in [0, 0.05) is 4.88 Å². The molecule has 0 saturated carbocycles. The van der Waals surface area contributed by atoms with Crippen molar-refractivity contribution in [3.05, 3.63) is 45.8 Å². The fourth-order valence-electron chi connectivity index (χ4n) is 3.35. The summed E-state index contributed by atoms with van der Waals surface area (Å²) in [5, 5.41) is 12.5. The third-order valence-corrected chi connectivity index (χ3v) is 6.15. The van der Waals surface area contributed by atoms with Crippen LogP contribution >= 0.6 is 11.3 Å². The van der Waals surface area contributed by atoms with Gasteiger partial charge < -0.3 is 19.9 Å². The minimum absolute atomic E-state index is 0.0276. The van der Waals surface area contributed by atoms with Crippen molar-refractivity contribution in [1.29, 1.82) is 0 Å². The number of rotatable bonds is 6. The molecule has 1 amide bonds. The van der Waals surface area contributed by atoms with Gasteiger partial charge in [0.05, 0.1) is 17.7 Å². The number of carbonyl (C=O) groups excluding carboxylic acids is 3. The number of ether oxygens (including phenoxy) is 2. The molecular weight excluding hydrogens is 406 g/mol. The molecule has 0 bridgehead atoms. The number of benzene rings is 1. The van der Waals surface area contributed by atoms with E-state index in [0.717, 1.165) is 29.7 Å². The highest BCUT2D eigenvalue weighted by molar-refractivity contribution is 7.17. The zero-order valence-electron chi connectivity index (χ0n) is 17.2. The van der Waals surface area contributed by atoms with Crippen LogP contribution in [0.4, 0.5) is 5.00 Å². The summed E-state index contributed by atoms with van der Waals surface area (Å²) in [7, 11) is 0. The van der Waals surface area contributed by atoms with Gasteiger partial charge in [0.2, 0.25) is 0 Å². The fraction of sp³-hybridized carbons (Fsp3) is 0.409. The number of phenols is 1. The predicted octanol–water partition coefficient (Wildman–Crippen LogP) is 3.94. The van der Waals surface area contributed by atoms with Crippen LogP contribution in [0.3, 0.4) is 0 Å². The first-order valence-corrected chi connectivity index (χ1v) is 10.7. The van der Waals surface area contributed by atoms with E-state index in [2.05, 4.69) is 12.2 Å². The molecule has 0 aliphatic heterocycles. The largest absolute Gasteiger partial charge is 0.508 e. The Morgan fingerprint density at radius 3 is 2.60 bits per heavy atom. The average molecular weight is 432 g/mol. The molecule has 1 aliphatic rings. The number of hydrogen-bond donors (Lipinski definition) is 2. The van der Waals surface area contributed by atoms with E-state index in [1.807, 2.05) is 0 Å². The van der Waals surface area contributed by atoms with Crippen LogP contribution in [0.15, 0.2) is 24.3 Å². The number of carbonyl (C=O) groups is 3. The summed E-state index contributed by atoms with van der Waals surface area (Å²) in [5.74, 6) is -1.12. The highest BCUT2D eigenvalue weighted by Crippen LogP contribution is 2.40. The standard InChI is InChI=1S/C22H25NO6S/c1-4-28-22(27)18-16-10-5-12(2)11-17(16)30-20(18)23-19(25)13(3)29-21(26)14-6-8-15(24)9-7-14/h6-9,12-13,24H,4-5,10-11H2,1-3H3,(H,23,25)/t12-,13+/m0/s1. The van der Waals surface area contributed by atoms with Gasteiger partial charge in [-0.25, -0.2) is 9.59 Å². The van der Waals surface area contributed by atoms with Gasteiger partial charge in [0.1, 0.15) is 10.8 Å². The van der Waals surface area contributed by atoms with Crippen molar-refractivity contribution < 1.29 is 29.0 Å². The molecule has 2 N–H and O–H groups in total. The topological polar surface area (TPSA) is 102 Å². The van der Waals surface area contributed by atoms with Crippen molar-refractivity contribution in [2.45, 2.75) is 46.1 Å². The van der Waals surface area contributed by atoms with E-state index in [1.165, 1.54) is 42.5 Å². The average Bonchev–Trinajstić information content (AvgIpc) is 3.05. The number of amides is 1. The molecule has 30 heavy (non-hydrogen) atoms. The Morgan fingerprint density at radius 2 is 1.93 bits per heavy atom. The summed E-state index contributed by atoms with van der Waals surface area (Å²) < 4.78 is 10.4. The minimum Gasteiger partial charge on any atom is -0.508 e. The number of thiophene rings is 1. The molecular formula is C22H25NO6S. The van der Waals surface area contributed by atoms with Gasteiger partial charge in [-0.05, 0) is 68.9 Å². The Labute approximate surface area is 179 Å². The summed E-state index contributed by atoms with van der Waals surface area (Å²) in [4.78, 5) is 38.5. The summed E-state index contributed by atoms with van der Waals surface area (Å²) in [6, 6.07) is 5.56. The lowest BCUT2D eigenvalue weighted by Crippen LogP contribution is -2.30. The van der Waals surface area contributed by atoms with Crippen LogP contribution in [0.25, 0.3) is 0 Å². The van der Waals surface area contributed by atoms with Gasteiger partial charge in [0.15, 0.2) is 6.10 Å². The van der Waals surface area contributed by atoms with Crippen molar-refractivity contribution in [1.82, 2.24) is 0 Å². The van der Waals surface area contributed by atoms with Crippen LogP contribution in [0.1, 0.15) is 58.3 Å². The molecule has 3 rings (SSSR count). The lowest BCUT2D eigenvalue weighted by atomic mass is 9.88. The number of esters is 2. The van der Waals surface area contributed by atoms with Gasteiger partial charge in [-0.1, -0.05) is 6.92 Å². The van der Waals surface area contributed by atoms with Crippen LogP contribution in [0.5, 0.6) is 5.75 Å². The molecule has 7 nitrogen and oxygen atoms in total. The monoisotopic (exact) mass is 431 g/mol. The second-order valence-corrected chi connectivity index (χ2v) is 8.47. The highest BCUT2D eigenvalue weighted by Gasteiger charge is 2.30. The van der Waals surface area contributed by atoms with Crippen LogP contribution in [0.2, 0.25) is 0 Å².